The van der Waals surface area contributed by atoms with Crippen molar-refractivity contribution in [1.29, 1.82) is 0 Å². The van der Waals surface area contributed by atoms with E-state index in [4.69, 9.17) is 10.5 Å². The molecule has 0 atom stereocenters. The summed E-state index contributed by atoms with van der Waals surface area (Å²) in [5.74, 6) is 1.01. The van der Waals surface area contributed by atoms with Crippen LogP contribution in [0.4, 0.5) is 0 Å². The van der Waals surface area contributed by atoms with Gasteiger partial charge in [0.05, 0.1) is 6.21 Å². The number of hydrogen-bond donors (Lipinski definition) is 1. The van der Waals surface area contributed by atoms with Crippen LogP contribution in [0.5, 0.6) is 5.75 Å². The number of esters is 1. The highest BCUT2D eigenvalue weighted by molar-refractivity contribution is 8.13. The molecule has 0 bridgehead atoms. The van der Waals surface area contributed by atoms with Gasteiger partial charge in [-0.05, 0) is 35.4 Å². The molecule has 5 nitrogen and oxygen atoms in total. The zero-order valence-electron chi connectivity index (χ0n) is 13.4. The number of benzene rings is 2. The minimum absolute atomic E-state index is 0.260. The number of nitrogens with two attached hydrogens (primary N) is 1. The Labute approximate surface area is 145 Å². The van der Waals surface area contributed by atoms with Gasteiger partial charge in [-0.3, -0.25) is 4.79 Å². The summed E-state index contributed by atoms with van der Waals surface area (Å²) in [7, 11) is 0. The molecule has 0 fully saturated rings. The Balaban J connectivity index is 1.84. The number of hydrogen-bond acceptors (Lipinski definition) is 5. The van der Waals surface area contributed by atoms with Crippen molar-refractivity contribution >= 4 is 29.1 Å². The Morgan fingerprint density at radius 1 is 1.17 bits per heavy atom. The summed E-state index contributed by atoms with van der Waals surface area (Å²) in [6.45, 7) is 1.75. The minimum atomic E-state index is -0.260. The summed E-state index contributed by atoms with van der Waals surface area (Å²) in [5.41, 5.74) is 7.85. The lowest BCUT2D eigenvalue weighted by Gasteiger charge is -2.02. The van der Waals surface area contributed by atoms with Crippen LogP contribution in [0.25, 0.3) is 0 Å². The SMILES string of the molecule is CCC(=O)Oc1ccc(C=NN=C(N)SCc2ccccc2)cc1. The molecule has 6 heteroatoms. The number of nitrogens with zero attached hydrogens (tertiary/aromatic N) is 2. The molecule has 0 saturated carbocycles. The molecule has 0 spiro atoms. The number of amidine groups is 1. The first kappa shape index (κ1) is 17.7. The van der Waals surface area contributed by atoms with E-state index in [-0.39, 0.29) is 5.97 Å². The van der Waals surface area contributed by atoms with Crippen molar-refractivity contribution in [2.24, 2.45) is 15.9 Å². The Morgan fingerprint density at radius 3 is 2.54 bits per heavy atom. The van der Waals surface area contributed by atoms with E-state index in [2.05, 4.69) is 10.2 Å². The van der Waals surface area contributed by atoms with E-state index in [0.717, 1.165) is 11.3 Å². The van der Waals surface area contributed by atoms with Crippen LogP contribution in [0.2, 0.25) is 0 Å². The smallest absolute Gasteiger partial charge is 0.310 e. The maximum Gasteiger partial charge on any atom is 0.310 e. The van der Waals surface area contributed by atoms with Gasteiger partial charge < -0.3 is 10.5 Å². The van der Waals surface area contributed by atoms with Gasteiger partial charge in [-0.2, -0.15) is 5.10 Å². The summed E-state index contributed by atoms with van der Waals surface area (Å²) >= 11 is 1.43. The molecule has 2 aromatic rings. The van der Waals surface area contributed by atoms with Crippen molar-refractivity contribution in [3.8, 4) is 5.75 Å². The largest absolute Gasteiger partial charge is 0.427 e. The third-order valence-electron chi connectivity index (χ3n) is 2.99. The van der Waals surface area contributed by atoms with Crippen LogP contribution in [0.3, 0.4) is 0 Å². The van der Waals surface area contributed by atoms with Crippen LogP contribution < -0.4 is 10.5 Å². The molecule has 0 amide bonds. The predicted octanol–water partition coefficient (Wildman–Crippen LogP) is 3.58. The topological polar surface area (TPSA) is 77.0 Å². The maximum atomic E-state index is 11.2. The van der Waals surface area contributed by atoms with E-state index in [0.29, 0.717) is 17.3 Å². The van der Waals surface area contributed by atoms with Crippen molar-refractivity contribution in [1.82, 2.24) is 0 Å². The summed E-state index contributed by atoms with van der Waals surface area (Å²) < 4.78 is 5.10. The van der Waals surface area contributed by atoms with Crippen LogP contribution in [-0.2, 0) is 10.5 Å². The van der Waals surface area contributed by atoms with Crippen LogP contribution in [-0.4, -0.2) is 17.4 Å². The quantitative estimate of drug-likeness (QED) is 0.286. The highest BCUT2D eigenvalue weighted by Crippen LogP contribution is 2.13. The Hall–Kier alpha value is -2.60. The lowest BCUT2D eigenvalue weighted by Crippen LogP contribution is -2.06. The first-order valence-electron chi connectivity index (χ1n) is 7.51. The van der Waals surface area contributed by atoms with Crippen LogP contribution in [0, 0.1) is 0 Å². The van der Waals surface area contributed by atoms with E-state index in [9.17, 15) is 4.79 Å². The van der Waals surface area contributed by atoms with Gasteiger partial charge in [-0.25, -0.2) is 0 Å². The molecule has 0 radical (unpaired) electrons. The van der Waals surface area contributed by atoms with E-state index < -0.39 is 0 Å². The van der Waals surface area contributed by atoms with Gasteiger partial charge in [-0.1, -0.05) is 49.0 Å². The van der Waals surface area contributed by atoms with Gasteiger partial charge in [0.15, 0.2) is 5.17 Å². The second kappa shape index (κ2) is 9.52. The predicted molar refractivity (Wildman–Crippen MR) is 99.3 cm³/mol. The monoisotopic (exact) mass is 341 g/mol. The average molecular weight is 341 g/mol. The molecular formula is C18H19N3O2S. The molecule has 24 heavy (non-hydrogen) atoms. The molecule has 0 saturated heterocycles. The van der Waals surface area contributed by atoms with Crippen molar-refractivity contribution in [3.63, 3.8) is 0 Å². The van der Waals surface area contributed by atoms with Crippen molar-refractivity contribution in [3.05, 3.63) is 65.7 Å². The first-order valence-corrected chi connectivity index (χ1v) is 8.50. The second-order valence-corrected chi connectivity index (χ2v) is 5.85. The van der Waals surface area contributed by atoms with Gasteiger partial charge >= 0.3 is 5.97 Å². The lowest BCUT2D eigenvalue weighted by molar-refractivity contribution is -0.134. The van der Waals surface area contributed by atoms with Crippen molar-refractivity contribution < 1.29 is 9.53 Å². The molecule has 2 N–H and O–H groups in total. The fraction of sp³-hybridized carbons (Fsp3) is 0.167. The molecule has 0 unspecified atom stereocenters. The van der Waals surface area contributed by atoms with Crippen LogP contribution >= 0.6 is 11.8 Å². The fourth-order valence-corrected chi connectivity index (χ4v) is 2.35. The van der Waals surface area contributed by atoms with E-state index in [1.165, 1.54) is 17.3 Å². The van der Waals surface area contributed by atoms with E-state index >= 15 is 0 Å². The van der Waals surface area contributed by atoms with Gasteiger partial charge in [-0.15, -0.1) is 5.10 Å². The Kier molecular flexibility index (Phi) is 7.04. The molecule has 0 aliphatic heterocycles. The van der Waals surface area contributed by atoms with Gasteiger partial charge in [0, 0.05) is 12.2 Å². The van der Waals surface area contributed by atoms with Gasteiger partial charge in [0.2, 0.25) is 0 Å². The number of carbonyl (C=O) groups is 1. The van der Waals surface area contributed by atoms with Gasteiger partial charge in [0.25, 0.3) is 0 Å². The third-order valence-corrected chi connectivity index (χ3v) is 3.85. The average Bonchev–Trinajstić information content (AvgIpc) is 2.62. The highest BCUT2D eigenvalue weighted by atomic mass is 32.2. The molecule has 2 rings (SSSR count). The number of rotatable bonds is 6. The summed E-state index contributed by atoms with van der Waals surface area (Å²) in [4.78, 5) is 11.2. The van der Waals surface area contributed by atoms with Crippen molar-refractivity contribution in [2.75, 3.05) is 0 Å². The zero-order chi connectivity index (χ0) is 17.2. The number of ether oxygens (including phenoxy) is 1. The lowest BCUT2D eigenvalue weighted by atomic mass is 10.2. The highest BCUT2D eigenvalue weighted by Gasteiger charge is 2.00. The van der Waals surface area contributed by atoms with Crippen LogP contribution in [0.15, 0.2) is 64.8 Å². The Bertz CT molecular complexity index is 713. The zero-order valence-corrected chi connectivity index (χ0v) is 14.2. The van der Waals surface area contributed by atoms with Gasteiger partial charge in [0.1, 0.15) is 5.75 Å². The first-order chi connectivity index (χ1) is 11.7. The summed E-state index contributed by atoms with van der Waals surface area (Å²) in [5, 5.41) is 8.34. The maximum absolute atomic E-state index is 11.2. The summed E-state index contributed by atoms with van der Waals surface area (Å²) in [6, 6.07) is 17.1. The van der Waals surface area contributed by atoms with E-state index in [1.54, 1.807) is 37.4 Å². The number of thioether (sulfide) groups is 1. The molecule has 0 aromatic heterocycles. The fourth-order valence-electron chi connectivity index (χ4n) is 1.74. The standard InChI is InChI=1S/C18H19N3O2S/c1-2-17(22)23-16-10-8-14(9-11-16)12-20-21-18(19)24-13-15-6-4-3-5-7-15/h3-12H,2,13H2,1H3,(H2,19,21). The van der Waals surface area contributed by atoms with E-state index in [1.807, 2.05) is 30.3 Å². The molecule has 0 aliphatic carbocycles. The summed E-state index contributed by atoms with van der Waals surface area (Å²) in [6.07, 6.45) is 1.94. The minimum Gasteiger partial charge on any atom is -0.427 e. The molecule has 124 valence electrons. The molecule has 0 heterocycles. The molecule has 2 aromatic carbocycles. The van der Waals surface area contributed by atoms with Crippen molar-refractivity contribution in [2.45, 2.75) is 19.1 Å². The number of carbonyl (C=O) groups excluding carboxylic acids is 1. The molecule has 0 aliphatic rings. The normalized spacial score (nSPS) is 11.6. The molecular weight excluding hydrogens is 322 g/mol. The van der Waals surface area contributed by atoms with Crippen LogP contribution in [0.1, 0.15) is 24.5 Å². The third kappa shape index (κ3) is 6.26. The Morgan fingerprint density at radius 2 is 1.88 bits per heavy atom. The second-order valence-electron chi connectivity index (χ2n) is 4.85.